The molecule has 1 amide bonds. The molecule has 4 nitrogen and oxygen atoms in total. The minimum atomic E-state index is 0.148. The highest BCUT2D eigenvalue weighted by molar-refractivity contribution is 5.94. The molecule has 0 bridgehead atoms. The van der Waals surface area contributed by atoms with Crippen LogP contribution in [-0.2, 0) is 9.53 Å². The van der Waals surface area contributed by atoms with Crippen molar-refractivity contribution in [2.45, 2.75) is 44.8 Å². The number of hydrogen-bond donors (Lipinski definition) is 2. The summed E-state index contributed by atoms with van der Waals surface area (Å²) >= 11 is 0. The number of anilines is 2. The topological polar surface area (TPSA) is 50.4 Å². The lowest BCUT2D eigenvalue weighted by Gasteiger charge is -2.14. The molecule has 1 heterocycles. The van der Waals surface area contributed by atoms with E-state index in [1.54, 1.807) is 0 Å². The van der Waals surface area contributed by atoms with Crippen molar-refractivity contribution in [1.29, 1.82) is 0 Å². The highest BCUT2D eigenvalue weighted by Crippen LogP contribution is 2.30. The summed E-state index contributed by atoms with van der Waals surface area (Å²) in [7, 11) is 0. The zero-order chi connectivity index (χ0) is 13.9. The minimum absolute atomic E-state index is 0.148. The SMILES string of the molecule is CC1CCC(CNc2cccc(NC(=O)C3CC3)c2)O1. The lowest BCUT2D eigenvalue weighted by Crippen LogP contribution is -2.20. The zero-order valence-electron chi connectivity index (χ0n) is 11.9. The van der Waals surface area contributed by atoms with Crippen LogP contribution in [0.1, 0.15) is 32.6 Å². The third kappa shape index (κ3) is 3.51. The Kier molecular flexibility index (Phi) is 3.92. The first kappa shape index (κ1) is 13.4. The van der Waals surface area contributed by atoms with Gasteiger partial charge < -0.3 is 15.4 Å². The fourth-order valence-corrected chi connectivity index (χ4v) is 2.56. The fraction of sp³-hybridized carbons (Fsp3) is 0.562. The number of benzene rings is 1. The Balaban J connectivity index is 1.52. The van der Waals surface area contributed by atoms with E-state index < -0.39 is 0 Å². The number of carbonyl (C=O) groups excluding carboxylic acids is 1. The number of hydrogen-bond acceptors (Lipinski definition) is 3. The average Bonchev–Trinajstić information content (AvgIpc) is 3.20. The molecule has 108 valence electrons. The molecule has 4 heteroatoms. The molecule has 1 saturated carbocycles. The molecule has 1 saturated heterocycles. The Morgan fingerprint density at radius 2 is 2.05 bits per heavy atom. The van der Waals surface area contributed by atoms with Crippen LogP contribution in [0.4, 0.5) is 11.4 Å². The number of ether oxygens (including phenoxy) is 1. The Labute approximate surface area is 119 Å². The third-order valence-electron chi connectivity index (χ3n) is 3.93. The van der Waals surface area contributed by atoms with Crippen LogP contribution >= 0.6 is 0 Å². The molecule has 2 N–H and O–H groups in total. The average molecular weight is 274 g/mol. The summed E-state index contributed by atoms with van der Waals surface area (Å²) in [5, 5.41) is 6.36. The molecule has 1 aromatic carbocycles. The van der Waals surface area contributed by atoms with Gasteiger partial charge in [0.15, 0.2) is 0 Å². The Morgan fingerprint density at radius 3 is 2.75 bits per heavy atom. The van der Waals surface area contributed by atoms with Crippen LogP contribution in [0.15, 0.2) is 24.3 Å². The summed E-state index contributed by atoms with van der Waals surface area (Å²) in [6, 6.07) is 7.90. The van der Waals surface area contributed by atoms with Crippen LogP contribution in [0.3, 0.4) is 0 Å². The van der Waals surface area contributed by atoms with Crippen LogP contribution < -0.4 is 10.6 Å². The van der Waals surface area contributed by atoms with E-state index in [0.717, 1.165) is 43.6 Å². The van der Waals surface area contributed by atoms with Crippen LogP contribution in [0, 0.1) is 5.92 Å². The van der Waals surface area contributed by atoms with E-state index in [4.69, 9.17) is 4.74 Å². The first-order chi connectivity index (χ1) is 9.70. The van der Waals surface area contributed by atoms with Crippen molar-refractivity contribution in [1.82, 2.24) is 0 Å². The molecule has 3 rings (SSSR count). The Hall–Kier alpha value is -1.55. The van der Waals surface area contributed by atoms with Gasteiger partial charge in [0.05, 0.1) is 12.2 Å². The maximum Gasteiger partial charge on any atom is 0.227 e. The largest absolute Gasteiger partial charge is 0.382 e. The maximum atomic E-state index is 11.7. The summed E-state index contributed by atoms with van der Waals surface area (Å²) in [5.74, 6) is 0.384. The normalized spacial score (nSPS) is 25.4. The minimum Gasteiger partial charge on any atom is -0.382 e. The van der Waals surface area contributed by atoms with E-state index in [1.807, 2.05) is 24.3 Å². The van der Waals surface area contributed by atoms with Gasteiger partial charge in [-0.2, -0.15) is 0 Å². The molecule has 2 fully saturated rings. The molecule has 1 aromatic rings. The highest BCUT2D eigenvalue weighted by atomic mass is 16.5. The van der Waals surface area contributed by atoms with Gasteiger partial charge in [-0.3, -0.25) is 4.79 Å². The molecular weight excluding hydrogens is 252 g/mol. The summed E-state index contributed by atoms with van der Waals surface area (Å²) in [6.45, 7) is 2.94. The van der Waals surface area contributed by atoms with E-state index in [9.17, 15) is 4.79 Å². The summed E-state index contributed by atoms with van der Waals surface area (Å²) in [6.07, 6.45) is 5.00. The second-order valence-corrected chi connectivity index (χ2v) is 5.87. The molecule has 1 aliphatic heterocycles. The predicted octanol–water partition coefficient (Wildman–Crippen LogP) is 3.01. The predicted molar refractivity (Wildman–Crippen MR) is 79.9 cm³/mol. The van der Waals surface area contributed by atoms with E-state index >= 15 is 0 Å². The standard InChI is InChI=1S/C16H22N2O2/c1-11-5-8-15(20-11)10-17-13-3-2-4-14(9-13)18-16(19)12-6-7-12/h2-4,9,11-12,15,17H,5-8,10H2,1H3,(H,18,19). The molecule has 0 aromatic heterocycles. The van der Waals surface area contributed by atoms with E-state index in [1.165, 1.54) is 0 Å². The van der Waals surface area contributed by atoms with Gasteiger partial charge >= 0.3 is 0 Å². The monoisotopic (exact) mass is 274 g/mol. The quantitative estimate of drug-likeness (QED) is 0.867. The summed E-state index contributed by atoms with van der Waals surface area (Å²) in [5.41, 5.74) is 1.90. The molecule has 2 atom stereocenters. The number of nitrogens with one attached hydrogen (secondary N) is 2. The lowest BCUT2D eigenvalue weighted by atomic mass is 10.2. The lowest BCUT2D eigenvalue weighted by molar-refractivity contribution is -0.117. The zero-order valence-corrected chi connectivity index (χ0v) is 11.9. The van der Waals surface area contributed by atoms with Gasteiger partial charge in [-0.15, -0.1) is 0 Å². The first-order valence-corrected chi connectivity index (χ1v) is 7.51. The molecular formula is C16H22N2O2. The molecule has 0 radical (unpaired) electrons. The van der Waals surface area contributed by atoms with Gasteiger partial charge in [0.25, 0.3) is 0 Å². The second-order valence-electron chi connectivity index (χ2n) is 5.87. The van der Waals surface area contributed by atoms with Gasteiger partial charge in [-0.05, 0) is 50.8 Å². The summed E-state index contributed by atoms with van der Waals surface area (Å²) in [4.78, 5) is 11.7. The van der Waals surface area contributed by atoms with Crippen molar-refractivity contribution in [3.05, 3.63) is 24.3 Å². The highest BCUT2D eigenvalue weighted by Gasteiger charge is 2.29. The van der Waals surface area contributed by atoms with E-state index in [-0.39, 0.29) is 11.8 Å². The van der Waals surface area contributed by atoms with Crippen molar-refractivity contribution in [2.75, 3.05) is 17.2 Å². The van der Waals surface area contributed by atoms with Gasteiger partial charge in [0, 0.05) is 23.8 Å². The smallest absolute Gasteiger partial charge is 0.227 e. The second kappa shape index (κ2) is 5.83. The Morgan fingerprint density at radius 1 is 1.25 bits per heavy atom. The number of amides is 1. The van der Waals surface area contributed by atoms with Crippen molar-refractivity contribution in [3.63, 3.8) is 0 Å². The maximum absolute atomic E-state index is 11.7. The molecule has 2 unspecified atom stereocenters. The van der Waals surface area contributed by atoms with E-state index in [2.05, 4.69) is 17.6 Å². The van der Waals surface area contributed by atoms with Gasteiger partial charge in [0.2, 0.25) is 5.91 Å². The van der Waals surface area contributed by atoms with Crippen molar-refractivity contribution in [3.8, 4) is 0 Å². The van der Waals surface area contributed by atoms with Crippen LogP contribution in [-0.4, -0.2) is 24.7 Å². The fourth-order valence-electron chi connectivity index (χ4n) is 2.56. The summed E-state index contributed by atoms with van der Waals surface area (Å²) < 4.78 is 5.79. The number of carbonyl (C=O) groups is 1. The molecule has 20 heavy (non-hydrogen) atoms. The molecule has 2 aliphatic rings. The molecule has 0 spiro atoms. The van der Waals surface area contributed by atoms with Crippen molar-refractivity contribution < 1.29 is 9.53 Å². The van der Waals surface area contributed by atoms with Crippen LogP contribution in [0.5, 0.6) is 0 Å². The third-order valence-corrected chi connectivity index (χ3v) is 3.93. The van der Waals surface area contributed by atoms with Crippen molar-refractivity contribution in [2.24, 2.45) is 5.92 Å². The van der Waals surface area contributed by atoms with Crippen LogP contribution in [0.2, 0.25) is 0 Å². The molecule has 1 aliphatic carbocycles. The first-order valence-electron chi connectivity index (χ1n) is 7.51. The van der Waals surface area contributed by atoms with Crippen LogP contribution in [0.25, 0.3) is 0 Å². The van der Waals surface area contributed by atoms with Gasteiger partial charge in [-0.1, -0.05) is 6.07 Å². The number of rotatable bonds is 5. The van der Waals surface area contributed by atoms with Gasteiger partial charge in [0.1, 0.15) is 0 Å². The van der Waals surface area contributed by atoms with Gasteiger partial charge in [-0.25, -0.2) is 0 Å². The Bertz CT molecular complexity index is 485. The van der Waals surface area contributed by atoms with E-state index in [0.29, 0.717) is 12.2 Å². The van der Waals surface area contributed by atoms with Crippen molar-refractivity contribution >= 4 is 17.3 Å².